The van der Waals surface area contributed by atoms with Crippen molar-refractivity contribution in [2.75, 3.05) is 7.11 Å². The summed E-state index contributed by atoms with van der Waals surface area (Å²) in [6, 6.07) is 11.5. The lowest BCUT2D eigenvalue weighted by atomic mass is 10.1. The molecule has 0 unspecified atom stereocenters. The smallest absolute Gasteiger partial charge is 0.335 e. The van der Waals surface area contributed by atoms with Crippen molar-refractivity contribution in [2.24, 2.45) is 0 Å². The molecule has 0 aliphatic heterocycles. The van der Waals surface area contributed by atoms with Gasteiger partial charge < -0.3 is 14.6 Å². The van der Waals surface area contributed by atoms with Gasteiger partial charge in [-0.25, -0.2) is 4.79 Å². The number of aromatic carboxylic acids is 1. The van der Waals surface area contributed by atoms with Crippen LogP contribution in [0.3, 0.4) is 0 Å². The Morgan fingerprint density at radius 1 is 1.19 bits per heavy atom. The van der Waals surface area contributed by atoms with Gasteiger partial charge in [-0.2, -0.15) is 5.26 Å². The van der Waals surface area contributed by atoms with E-state index in [-0.39, 0.29) is 5.56 Å². The quantitative estimate of drug-likeness (QED) is 0.930. The van der Waals surface area contributed by atoms with E-state index in [0.717, 1.165) is 5.56 Å². The Labute approximate surface area is 122 Å². The first-order chi connectivity index (χ1) is 10.0. The molecule has 5 nitrogen and oxygen atoms in total. The van der Waals surface area contributed by atoms with E-state index in [4.69, 9.17) is 19.8 Å². The van der Waals surface area contributed by atoms with Crippen LogP contribution in [0.15, 0.2) is 36.4 Å². The van der Waals surface area contributed by atoms with Gasteiger partial charge in [-0.3, -0.25) is 0 Å². The van der Waals surface area contributed by atoms with E-state index in [0.29, 0.717) is 22.8 Å². The fraction of sp³-hybridized carbons (Fsp3) is 0.125. The van der Waals surface area contributed by atoms with Crippen LogP contribution in [0, 0.1) is 18.3 Å². The highest BCUT2D eigenvalue weighted by molar-refractivity contribution is 5.88. The van der Waals surface area contributed by atoms with E-state index < -0.39 is 5.97 Å². The van der Waals surface area contributed by atoms with Crippen molar-refractivity contribution in [1.29, 1.82) is 5.26 Å². The van der Waals surface area contributed by atoms with E-state index in [1.54, 1.807) is 18.2 Å². The number of nitriles is 1. The SMILES string of the molecule is COc1cc(C(=O)O)ccc1Oc1ccc(C#N)c(C)c1. The van der Waals surface area contributed by atoms with Gasteiger partial charge in [0.1, 0.15) is 5.75 Å². The lowest BCUT2D eigenvalue weighted by Gasteiger charge is -2.11. The molecule has 2 aromatic rings. The molecule has 2 aromatic carbocycles. The number of rotatable bonds is 4. The average molecular weight is 283 g/mol. The zero-order valence-electron chi connectivity index (χ0n) is 11.6. The van der Waals surface area contributed by atoms with Crippen LogP contribution < -0.4 is 9.47 Å². The summed E-state index contributed by atoms with van der Waals surface area (Å²) < 4.78 is 10.8. The minimum absolute atomic E-state index is 0.121. The molecule has 0 saturated heterocycles. The van der Waals surface area contributed by atoms with Gasteiger partial charge in [0.05, 0.1) is 24.3 Å². The molecule has 0 fully saturated rings. The summed E-state index contributed by atoms with van der Waals surface area (Å²) >= 11 is 0. The van der Waals surface area contributed by atoms with Gasteiger partial charge in [0.2, 0.25) is 0 Å². The van der Waals surface area contributed by atoms with E-state index in [9.17, 15) is 4.79 Å². The monoisotopic (exact) mass is 283 g/mol. The number of hydrogen-bond donors (Lipinski definition) is 1. The van der Waals surface area contributed by atoms with Crippen molar-refractivity contribution in [3.8, 4) is 23.3 Å². The van der Waals surface area contributed by atoms with Crippen LogP contribution in [0.2, 0.25) is 0 Å². The largest absolute Gasteiger partial charge is 0.493 e. The topological polar surface area (TPSA) is 79.6 Å². The molecule has 2 rings (SSSR count). The van der Waals surface area contributed by atoms with Crippen LogP contribution in [-0.2, 0) is 0 Å². The molecule has 0 aliphatic rings. The normalized spacial score (nSPS) is 9.76. The third-order valence-electron chi connectivity index (χ3n) is 2.96. The Morgan fingerprint density at radius 2 is 1.95 bits per heavy atom. The molecular formula is C16H13NO4. The van der Waals surface area contributed by atoms with Crippen LogP contribution in [0.1, 0.15) is 21.5 Å². The number of aryl methyl sites for hydroxylation is 1. The van der Waals surface area contributed by atoms with Crippen LogP contribution >= 0.6 is 0 Å². The summed E-state index contributed by atoms with van der Waals surface area (Å²) in [5, 5.41) is 17.8. The first-order valence-electron chi connectivity index (χ1n) is 6.15. The van der Waals surface area contributed by atoms with Crippen molar-refractivity contribution in [2.45, 2.75) is 6.92 Å². The van der Waals surface area contributed by atoms with Gasteiger partial charge in [-0.05, 0) is 48.9 Å². The maximum Gasteiger partial charge on any atom is 0.335 e. The predicted molar refractivity (Wildman–Crippen MR) is 75.9 cm³/mol. The third kappa shape index (κ3) is 3.12. The van der Waals surface area contributed by atoms with Crippen LogP contribution in [0.25, 0.3) is 0 Å². The average Bonchev–Trinajstić information content (AvgIpc) is 2.47. The zero-order chi connectivity index (χ0) is 15.4. The molecule has 0 bridgehead atoms. The highest BCUT2D eigenvalue weighted by Crippen LogP contribution is 2.33. The first kappa shape index (κ1) is 14.4. The number of benzene rings is 2. The van der Waals surface area contributed by atoms with Crippen molar-refractivity contribution in [3.63, 3.8) is 0 Å². The Balaban J connectivity index is 2.33. The second kappa shape index (κ2) is 5.97. The van der Waals surface area contributed by atoms with E-state index in [1.165, 1.54) is 25.3 Å². The van der Waals surface area contributed by atoms with Gasteiger partial charge in [0, 0.05) is 0 Å². The van der Waals surface area contributed by atoms with Crippen molar-refractivity contribution >= 4 is 5.97 Å². The predicted octanol–water partition coefficient (Wildman–Crippen LogP) is 3.37. The number of ether oxygens (including phenoxy) is 2. The lowest BCUT2D eigenvalue weighted by molar-refractivity contribution is 0.0696. The molecule has 21 heavy (non-hydrogen) atoms. The van der Waals surface area contributed by atoms with Crippen LogP contribution in [0.4, 0.5) is 0 Å². The molecule has 0 spiro atoms. The summed E-state index contributed by atoms with van der Waals surface area (Å²) in [7, 11) is 1.44. The number of carbonyl (C=O) groups is 1. The number of hydrogen-bond acceptors (Lipinski definition) is 4. The molecule has 0 saturated carbocycles. The lowest BCUT2D eigenvalue weighted by Crippen LogP contribution is -1.98. The molecule has 0 atom stereocenters. The van der Waals surface area contributed by atoms with Crippen molar-refractivity contribution in [1.82, 2.24) is 0 Å². The van der Waals surface area contributed by atoms with Gasteiger partial charge in [-0.15, -0.1) is 0 Å². The van der Waals surface area contributed by atoms with Crippen LogP contribution in [-0.4, -0.2) is 18.2 Å². The molecule has 0 radical (unpaired) electrons. The molecule has 5 heteroatoms. The summed E-state index contributed by atoms with van der Waals surface area (Å²) in [5.74, 6) is 0.255. The summed E-state index contributed by atoms with van der Waals surface area (Å²) in [6.45, 7) is 1.82. The molecule has 106 valence electrons. The number of carboxylic acids is 1. The fourth-order valence-electron chi connectivity index (χ4n) is 1.84. The molecule has 0 aromatic heterocycles. The molecule has 0 amide bonds. The van der Waals surface area contributed by atoms with Gasteiger partial charge in [-0.1, -0.05) is 0 Å². The molecular weight excluding hydrogens is 270 g/mol. The Morgan fingerprint density at radius 3 is 2.52 bits per heavy atom. The Hall–Kier alpha value is -3.00. The zero-order valence-corrected chi connectivity index (χ0v) is 11.6. The summed E-state index contributed by atoms with van der Waals surface area (Å²) in [4.78, 5) is 10.9. The highest BCUT2D eigenvalue weighted by atomic mass is 16.5. The number of nitrogens with zero attached hydrogens (tertiary/aromatic N) is 1. The second-order valence-electron chi connectivity index (χ2n) is 4.36. The van der Waals surface area contributed by atoms with E-state index in [2.05, 4.69) is 6.07 Å². The fourth-order valence-corrected chi connectivity index (χ4v) is 1.84. The van der Waals surface area contributed by atoms with Crippen LogP contribution in [0.5, 0.6) is 17.2 Å². The minimum atomic E-state index is -1.03. The summed E-state index contributed by atoms with van der Waals surface area (Å²) in [5.41, 5.74) is 1.50. The molecule has 0 heterocycles. The third-order valence-corrected chi connectivity index (χ3v) is 2.96. The second-order valence-corrected chi connectivity index (χ2v) is 4.36. The Bertz CT molecular complexity index is 732. The minimum Gasteiger partial charge on any atom is -0.493 e. The Kier molecular flexibility index (Phi) is 4.10. The van der Waals surface area contributed by atoms with Crippen molar-refractivity contribution in [3.05, 3.63) is 53.1 Å². The number of carboxylic acid groups (broad SMARTS) is 1. The maximum atomic E-state index is 10.9. The van der Waals surface area contributed by atoms with E-state index in [1.807, 2.05) is 6.92 Å². The first-order valence-corrected chi connectivity index (χ1v) is 6.15. The van der Waals surface area contributed by atoms with Crippen molar-refractivity contribution < 1.29 is 19.4 Å². The number of methoxy groups -OCH3 is 1. The molecule has 1 N–H and O–H groups in total. The maximum absolute atomic E-state index is 10.9. The highest BCUT2D eigenvalue weighted by Gasteiger charge is 2.11. The van der Waals surface area contributed by atoms with Gasteiger partial charge in [0.15, 0.2) is 11.5 Å². The molecule has 0 aliphatic carbocycles. The summed E-state index contributed by atoms with van der Waals surface area (Å²) in [6.07, 6.45) is 0. The van der Waals surface area contributed by atoms with Gasteiger partial charge in [0.25, 0.3) is 0 Å². The van der Waals surface area contributed by atoms with E-state index >= 15 is 0 Å². The standard InChI is InChI=1S/C16H13NO4/c1-10-7-13(5-3-12(10)9-17)21-14-6-4-11(16(18)19)8-15(14)20-2/h3-8H,1-2H3,(H,18,19). The van der Waals surface area contributed by atoms with Gasteiger partial charge >= 0.3 is 5.97 Å².